The summed E-state index contributed by atoms with van der Waals surface area (Å²) >= 11 is 11.9. The van der Waals surface area contributed by atoms with Crippen LogP contribution in [0.3, 0.4) is 0 Å². The first-order chi connectivity index (χ1) is 14.7. The van der Waals surface area contributed by atoms with Crippen LogP contribution < -0.4 is 15.4 Å². The van der Waals surface area contributed by atoms with Crippen molar-refractivity contribution < 1.29 is 13.2 Å². The van der Waals surface area contributed by atoms with Gasteiger partial charge in [0.2, 0.25) is 15.9 Å². The summed E-state index contributed by atoms with van der Waals surface area (Å²) in [5.74, 6) is -0.274. The minimum atomic E-state index is -3.50. The standard InChI is InChI=1S/C21H22Cl2N4O3S/c1-31(29,30)27-19(14-2-4-15(22)5-3-14)13-21(28)26-11-10-25-18-8-9-24-20-12-16(23)6-7-17(18)20/h2-9,12,19,27H,10-11,13H2,1H3,(H,24,25)(H,26,28). The van der Waals surface area contributed by atoms with E-state index >= 15 is 0 Å². The van der Waals surface area contributed by atoms with Crippen LogP contribution in [0.1, 0.15) is 18.0 Å². The molecule has 0 saturated heterocycles. The second-order valence-corrected chi connectivity index (χ2v) is 9.65. The number of nitrogens with one attached hydrogen (secondary N) is 3. The second kappa shape index (κ2) is 10.3. The Bertz CT molecular complexity index is 1170. The van der Waals surface area contributed by atoms with Gasteiger partial charge in [-0.2, -0.15) is 0 Å². The number of halogens is 2. The number of sulfonamides is 1. The van der Waals surface area contributed by atoms with E-state index in [9.17, 15) is 13.2 Å². The molecule has 1 heterocycles. The van der Waals surface area contributed by atoms with Crippen molar-refractivity contribution >= 4 is 55.7 Å². The van der Waals surface area contributed by atoms with Crippen molar-refractivity contribution in [2.45, 2.75) is 12.5 Å². The molecule has 164 valence electrons. The van der Waals surface area contributed by atoms with E-state index in [1.807, 2.05) is 12.1 Å². The highest BCUT2D eigenvalue weighted by molar-refractivity contribution is 7.88. The van der Waals surface area contributed by atoms with Crippen LogP contribution in [0, 0.1) is 0 Å². The Balaban J connectivity index is 1.56. The van der Waals surface area contributed by atoms with Gasteiger partial charge in [0.15, 0.2) is 0 Å². The lowest BCUT2D eigenvalue weighted by molar-refractivity contribution is -0.121. The number of carbonyl (C=O) groups excluding carboxylic acids is 1. The first kappa shape index (κ1) is 23.3. The molecule has 0 aliphatic rings. The number of amides is 1. The molecule has 0 fully saturated rings. The number of pyridine rings is 1. The summed E-state index contributed by atoms with van der Waals surface area (Å²) in [7, 11) is -3.50. The van der Waals surface area contributed by atoms with Gasteiger partial charge in [0.1, 0.15) is 0 Å². The van der Waals surface area contributed by atoms with E-state index in [1.54, 1.807) is 42.6 Å². The summed E-state index contributed by atoms with van der Waals surface area (Å²) in [5, 5.41) is 8.15. The Morgan fingerprint density at radius 1 is 1.03 bits per heavy atom. The van der Waals surface area contributed by atoms with Gasteiger partial charge in [-0.1, -0.05) is 35.3 Å². The Labute approximate surface area is 191 Å². The molecule has 0 saturated carbocycles. The van der Waals surface area contributed by atoms with Crippen molar-refractivity contribution in [1.82, 2.24) is 15.0 Å². The van der Waals surface area contributed by atoms with Gasteiger partial charge < -0.3 is 10.6 Å². The minimum Gasteiger partial charge on any atom is -0.383 e. The summed E-state index contributed by atoms with van der Waals surface area (Å²) in [6, 6.07) is 13.3. The fourth-order valence-electron chi connectivity index (χ4n) is 3.11. The molecule has 7 nitrogen and oxygen atoms in total. The zero-order chi connectivity index (χ0) is 22.4. The molecule has 0 aliphatic carbocycles. The highest BCUT2D eigenvalue weighted by atomic mass is 35.5. The number of benzene rings is 2. The van der Waals surface area contributed by atoms with Gasteiger partial charge in [-0.3, -0.25) is 9.78 Å². The van der Waals surface area contributed by atoms with Crippen LogP contribution in [0.4, 0.5) is 5.69 Å². The Morgan fingerprint density at radius 3 is 2.45 bits per heavy atom. The molecule has 3 rings (SSSR count). The van der Waals surface area contributed by atoms with Gasteiger partial charge in [-0.15, -0.1) is 0 Å². The first-order valence-corrected chi connectivity index (χ1v) is 12.1. The molecule has 3 aromatic rings. The summed E-state index contributed by atoms with van der Waals surface area (Å²) < 4.78 is 25.9. The average Bonchev–Trinajstić information content (AvgIpc) is 2.70. The summed E-state index contributed by atoms with van der Waals surface area (Å²) in [6.07, 6.45) is 2.71. The number of aromatic nitrogens is 1. The van der Waals surface area contributed by atoms with Gasteiger partial charge >= 0.3 is 0 Å². The van der Waals surface area contributed by atoms with E-state index in [4.69, 9.17) is 23.2 Å². The van der Waals surface area contributed by atoms with Crippen LogP contribution in [0.2, 0.25) is 10.0 Å². The largest absolute Gasteiger partial charge is 0.383 e. The van der Waals surface area contributed by atoms with Gasteiger partial charge in [0.05, 0.1) is 17.8 Å². The molecule has 31 heavy (non-hydrogen) atoms. The number of hydrogen-bond acceptors (Lipinski definition) is 5. The normalized spacial score (nSPS) is 12.5. The van der Waals surface area contributed by atoms with E-state index < -0.39 is 16.1 Å². The summed E-state index contributed by atoms with van der Waals surface area (Å²) in [4.78, 5) is 16.7. The fourth-order valence-corrected chi connectivity index (χ4v) is 4.14. The lowest BCUT2D eigenvalue weighted by Gasteiger charge is -2.18. The number of hydrogen-bond donors (Lipinski definition) is 3. The Morgan fingerprint density at radius 2 is 1.74 bits per heavy atom. The van der Waals surface area contributed by atoms with Crippen molar-refractivity contribution in [1.29, 1.82) is 0 Å². The van der Waals surface area contributed by atoms with Crippen molar-refractivity contribution in [2.24, 2.45) is 0 Å². The number of fused-ring (bicyclic) bond motifs is 1. The number of rotatable bonds is 9. The molecule has 1 amide bonds. The van der Waals surface area contributed by atoms with E-state index in [0.717, 1.165) is 22.8 Å². The van der Waals surface area contributed by atoms with Crippen molar-refractivity contribution in [2.75, 3.05) is 24.7 Å². The topological polar surface area (TPSA) is 100 Å². The van der Waals surface area contributed by atoms with Gasteiger partial charge in [0, 0.05) is 46.8 Å². The smallest absolute Gasteiger partial charge is 0.222 e. The number of carbonyl (C=O) groups is 1. The maximum absolute atomic E-state index is 12.4. The van der Waals surface area contributed by atoms with E-state index in [0.29, 0.717) is 28.7 Å². The molecule has 0 spiro atoms. The van der Waals surface area contributed by atoms with E-state index in [1.165, 1.54) is 0 Å². The first-order valence-electron chi connectivity index (χ1n) is 9.49. The van der Waals surface area contributed by atoms with Gasteiger partial charge in [-0.25, -0.2) is 13.1 Å². The third kappa shape index (κ3) is 7.07. The van der Waals surface area contributed by atoms with Gasteiger partial charge in [0.25, 0.3) is 0 Å². The number of nitrogens with zero attached hydrogens (tertiary/aromatic N) is 1. The molecular formula is C21H22Cl2N4O3S. The molecule has 3 N–H and O–H groups in total. The quantitative estimate of drug-likeness (QED) is 0.405. The third-order valence-electron chi connectivity index (χ3n) is 4.49. The molecule has 10 heteroatoms. The molecule has 0 bridgehead atoms. The molecule has 0 aliphatic heterocycles. The molecule has 2 aromatic carbocycles. The van der Waals surface area contributed by atoms with Crippen LogP contribution in [0.25, 0.3) is 10.9 Å². The molecule has 1 aromatic heterocycles. The third-order valence-corrected chi connectivity index (χ3v) is 5.69. The van der Waals surface area contributed by atoms with Crippen LogP contribution >= 0.6 is 23.2 Å². The van der Waals surface area contributed by atoms with Crippen molar-refractivity contribution in [3.05, 3.63) is 70.3 Å². The van der Waals surface area contributed by atoms with E-state index in [-0.39, 0.29) is 12.3 Å². The highest BCUT2D eigenvalue weighted by Gasteiger charge is 2.19. The minimum absolute atomic E-state index is 0.0363. The monoisotopic (exact) mass is 480 g/mol. The average molecular weight is 481 g/mol. The summed E-state index contributed by atoms with van der Waals surface area (Å²) in [5.41, 5.74) is 2.32. The van der Waals surface area contributed by atoms with Crippen molar-refractivity contribution in [3.63, 3.8) is 0 Å². The SMILES string of the molecule is CS(=O)(=O)NC(CC(=O)NCCNc1ccnc2cc(Cl)ccc12)c1ccc(Cl)cc1. The van der Waals surface area contributed by atoms with Crippen molar-refractivity contribution in [3.8, 4) is 0 Å². The maximum Gasteiger partial charge on any atom is 0.222 e. The second-order valence-electron chi connectivity index (χ2n) is 6.99. The molecule has 1 unspecified atom stereocenters. The molecular weight excluding hydrogens is 459 g/mol. The zero-order valence-electron chi connectivity index (χ0n) is 16.7. The number of anilines is 1. The predicted octanol–water partition coefficient (Wildman–Crippen LogP) is 3.75. The van der Waals surface area contributed by atoms with E-state index in [2.05, 4.69) is 20.3 Å². The van der Waals surface area contributed by atoms with Gasteiger partial charge in [-0.05, 0) is 42.0 Å². The fraction of sp³-hybridized carbons (Fsp3) is 0.238. The molecule has 1 atom stereocenters. The van der Waals surface area contributed by atoms with Crippen LogP contribution in [-0.4, -0.2) is 38.7 Å². The Hall–Kier alpha value is -2.39. The van der Waals surface area contributed by atoms with Crippen LogP contribution in [0.15, 0.2) is 54.7 Å². The van der Waals surface area contributed by atoms with Crippen LogP contribution in [-0.2, 0) is 14.8 Å². The molecule has 0 radical (unpaired) electrons. The lowest BCUT2D eigenvalue weighted by atomic mass is 10.0. The Kier molecular flexibility index (Phi) is 7.72. The zero-order valence-corrected chi connectivity index (χ0v) is 19.1. The summed E-state index contributed by atoms with van der Waals surface area (Å²) in [6.45, 7) is 0.848. The highest BCUT2D eigenvalue weighted by Crippen LogP contribution is 2.24. The predicted molar refractivity (Wildman–Crippen MR) is 125 cm³/mol. The lowest BCUT2D eigenvalue weighted by Crippen LogP contribution is -2.35. The van der Waals surface area contributed by atoms with Crippen LogP contribution in [0.5, 0.6) is 0 Å². The maximum atomic E-state index is 12.4.